The number of carboxylic acid groups (broad SMARTS) is 1. The second-order valence-electron chi connectivity index (χ2n) is 8.27. The number of guanidine groups is 1. The lowest BCUT2D eigenvalue weighted by molar-refractivity contribution is -0.122. The molecule has 0 amide bonds. The van der Waals surface area contributed by atoms with Gasteiger partial charge in [0.15, 0.2) is 0 Å². The molecule has 0 fully saturated rings. The van der Waals surface area contributed by atoms with E-state index in [1.54, 1.807) is 37.2 Å². The van der Waals surface area contributed by atoms with Crippen molar-refractivity contribution in [1.29, 1.82) is 0 Å². The van der Waals surface area contributed by atoms with Gasteiger partial charge in [-0.3, -0.25) is 9.79 Å². The van der Waals surface area contributed by atoms with Crippen LogP contribution in [0.3, 0.4) is 0 Å². The standard InChI is InChI=1S/C24H34FN5O2.C3H8.CH2O2/c1-16(2)23(28-18(4)29(7)24(26-5)30(8)27-6)22(14-13-21(32)15-31)17(3)19-9-11-20(25)12-10-19;1-3-2;2-1-3/h9-14,16,21,31-32H,3,6,15H2,1-2,4-5,7-8H3;3H2,1-2H3;1H,(H,2,3)/b14-13+,23-22-,26-24?,28-18?;;. The van der Waals surface area contributed by atoms with Gasteiger partial charge in [-0.05, 0) is 36.1 Å². The van der Waals surface area contributed by atoms with Gasteiger partial charge in [0, 0.05) is 33.4 Å². The summed E-state index contributed by atoms with van der Waals surface area (Å²) in [6, 6.07) is 6.01. The summed E-state index contributed by atoms with van der Waals surface area (Å²) in [7, 11) is 5.21. The summed E-state index contributed by atoms with van der Waals surface area (Å²) < 4.78 is 13.4. The Labute approximate surface area is 226 Å². The number of hydrogen-bond acceptors (Lipinski definition) is 6. The summed E-state index contributed by atoms with van der Waals surface area (Å²) in [4.78, 5) is 19.2. The second kappa shape index (κ2) is 20.4. The molecule has 0 heterocycles. The third kappa shape index (κ3) is 13.1. The Bertz CT molecular complexity index is 985. The highest BCUT2D eigenvalue weighted by molar-refractivity contribution is 5.98. The number of nitrogens with zero attached hydrogens (tertiary/aromatic N) is 5. The van der Waals surface area contributed by atoms with Gasteiger partial charge in [0.25, 0.3) is 6.47 Å². The normalized spacial score (nSPS) is 12.9. The number of hydrazone groups is 1. The Balaban J connectivity index is 0. The van der Waals surface area contributed by atoms with Gasteiger partial charge in [0.2, 0.25) is 5.96 Å². The van der Waals surface area contributed by atoms with E-state index in [-0.39, 0.29) is 18.2 Å². The van der Waals surface area contributed by atoms with Crippen LogP contribution >= 0.6 is 0 Å². The molecular weight excluding hydrogens is 489 g/mol. The Kier molecular flexibility index (Phi) is 19.6. The first-order valence-corrected chi connectivity index (χ1v) is 12.1. The monoisotopic (exact) mass is 533 g/mol. The van der Waals surface area contributed by atoms with Crippen molar-refractivity contribution in [2.75, 3.05) is 27.7 Å². The van der Waals surface area contributed by atoms with Gasteiger partial charge in [-0.2, -0.15) is 5.10 Å². The predicted octanol–water partition coefficient (Wildman–Crippen LogP) is 4.66. The van der Waals surface area contributed by atoms with Crippen molar-refractivity contribution in [1.82, 2.24) is 9.91 Å². The number of allylic oxidation sites excluding steroid dienone is 4. The topological polar surface area (TPSA) is 121 Å². The summed E-state index contributed by atoms with van der Waals surface area (Å²) >= 11 is 0. The number of hydrogen-bond donors (Lipinski definition) is 3. The highest BCUT2D eigenvalue weighted by Crippen LogP contribution is 2.30. The first-order valence-electron chi connectivity index (χ1n) is 12.1. The van der Waals surface area contributed by atoms with Gasteiger partial charge in [0.1, 0.15) is 11.7 Å². The zero-order valence-corrected chi connectivity index (χ0v) is 23.9. The van der Waals surface area contributed by atoms with Crippen molar-refractivity contribution in [2.24, 2.45) is 21.0 Å². The molecule has 10 heteroatoms. The van der Waals surface area contributed by atoms with Gasteiger partial charge in [-0.25, -0.2) is 14.4 Å². The molecule has 9 nitrogen and oxygen atoms in total. The first kappa shape index (κ1) is 36.5. The summed E-state index contributed by atoms with van der Waals surface area (Å²) in [5.41, 5.74) is 2.70. The third-order valence-corrected chi connectivity index (χ3v) is 4.78. The molecule has 1 aromatic rings. The summed E-state index contributed by atoms with van der Waals surface area (Å²) in [5.74, 6) is 0.836. The number of amidine groups is 1. The van der Waals surface area contributed by atoms with Crippen molar-refractivity contribution >= 4 is 30.6 Å². The molecule has 0 spiro atoms. The molecule has 38 heavy (non-hydrogen) atoms. The fraction of sp³-hybridized carbons (Fsp3) is 0.429. The molecule has 1 aromatic carbocycles. The molecule has 212 valence electrons. The summed E-state index contributed by atoms with van der Waals surface area (Å²) in [5, 5.41) is 31.4. The molecule has 0 bridgehead atoms. The van der Waals surface area contributed by atoms with E-state index in [0.29, 0.717) is 28.6 Å². The molecule has 0 saturated heterocycles. The van der Waals surface area contributed by atoms with Gasteiger partial charge >= 0.3 is 0 Å². The van der Waals surface area contributed by atoms with E-state index in [2.05, 4.69) is 37.2 Å². The molecule has 0 radical (unpaired) electrons. The molecule has 1 atom stereocenters. The number of halogens is 1. The third-order valence-electron chi connectivity index (χ3n) is 4.78. The molecule has 0 aliphatic heterocycles. The van der Waals surface area contributed by atoms with Crippen LogP contribution in [0.25, 0.3) is 5.57 Å². The average molecular weight is 534 g/mol. The van der Waals surface area contributed by atoms with Crippen LogP contribution < -0.4 is 0 Å². The van der Waals surface area contributed by atoms with Crippen molar-refractivity contribution in [2.45, 2.75) is 47.1 Å². The Morgan fingerprint density at radius 2 is 1.68 bits per heavy atom. The van der Waals surface area contributed by atoms with E-state index >= 15 is 0 Å². The van der Waals surface area contributed by atoms with Crippen LogP contribution in [-0.4, -0.2) is 84.1 Å². The van der Waals surface area contributed by atoms with Crippen molar-refractivity contribution in [3.8, 4) is 0 Å². The van der Waals surface area contributed by atoms with Crippen LogP contribution in [0.4, 0.5) is 4.39 Å². The van der Waals surface area contributed by atoms with Gasteiger partial charge in [-0.15, -0.1) is 0 Å². The first-order chi connectivity index (χ1) is 17.9. The predicted molar refractivity (Wildman–Crippen MR) is 156 cm³/mol. The van der Waals surface area contributed by atoms with E-state index in [1.165, 1.54) is 29.6 Å². The Hall–Kier alpha value is -3.63. The van der Waals surface area contributed by atoms with E-state index in [4.69, 9.17) is 14.9 Å². The lowest BCUT2D eigenvalue weighted by Crippen LogP contribution is -2.40. The van der Waals surface area contributed by atoms with E-state index in [9.17, 15) is 14.6 Å². The summed E-state index contributed by atoms with van der Waals surface area (Å²) in [6.45, 7) is 17.1. The van der Waals surface area contributed by atoms with E-state index < -0.39 is 12.7 Å². The highest BCUT2D eigenvalue weighted by atomic mass is 19.1. The zero-order valence-electron chi connectivity index (χ0n) is 23.9. The molecule has 1 rings (SSSR count). The molecular formula is C28H44FN5O4. The molecule has 0 aliphatic rings. The number of aliphatic hydroxyl groups is 2. The van der Waals surface area contributed by atoms with Crippen LogP contribution in [0.1, 0.15) is 46.6 Å². The lowest BCUT2D eigenvalue weighted by Gasteiger charge is -2.26. The van der Waals surface area contributed by atoms with E-state index in [0.717, 1.165) is 5.56 Å². The SMILES string of the molecule is C=NN(C)C(=NC)N(C)C(C)=N/C(=C(/C=C/C(O)CO)C(=C)c1ccc(F)cc1)C(C)C.CCC.O=CO. The average Bonchev–Trinajstić information content (AvgIpc) is 2.88. The van der Waals surface area contributed by atoms with Crippen LogP contribution in [0.15, 0.2) is 69.4 Å². The number of carbonyl (C=O) groups is 1. The maximum Gasteiger partial charge on any atom is 0.290 e. The van der Waals surface area contributed by atoms with Crippen LogP contribution in [0.2, 0.25) is 0 Å². The Morgan fingerprint density at radius 1 is 1.18 bits per heavy atom. The summed E-state index contributed by atoms with van der Waals surface area (Å²) in [6.07, 6.45) is 3.39. The zero-order chi connectivity index (χ0) is 29.8. The Morgan fingerprint density at radius 3 is 2.08 bits per heavy atom. The van der Waals surface area contributed by atoms with Gasteiger partial charge in [0.05, 0.1) is 18.4 Å². The minimum absolute atomic E-state index is 0.0151. The fourth-order valence-corrected chi connectivity index (χ4v) is 2.88. The van der Waals surface area contributed by atoms with E-state index in [1.807, 2.05) is 27.8 Å². The maximum absolute atomic E-state index is 13.4. The molecule has 0 aromatic heterocycles. The van der Waals surface area contributed by atoms with Crippen molar-refractivity contribution in [3.63, 3.8) is 0 Å². The van der Waals surface area contributed by atoms with Crippen LogP contribution in [0.5, 0.6) is 0 Å². The minimum atomic E-state index is -1.03. The molecule has 3 N–H and O–H groups in total. The lowest BCUT2D eigenvalue weighted by atomic mass is 9.93. The smallest absolute Gasteiger partial charge is 0.290 e. The second-order valence-corrected chi connectivity index (χ2v) is 8.27. The number of aliphatic hydroxyl groups excluding tert-OH is 2. The molecule has 1 unspecified atom stereocenters. The van der Waals surface area contributed by atoms with Crippen molar-refractivity contribution < 1.29 is 24.5 Å². The molecule has 0 saturated carbocycles. The number of benzene rings is 1. The highest BCUT2D eigenvalue weighted by Gasteiger charge is 2.17. The quantitative estimate of drug-likeness (QED) is 0.147. The molecule has 0 aliphatic carbocycles. The van der Waals surface area contributed by atoms with Crippen LogP contribution in [-0.2, 0) is 4.79 Å². The van der Waals surface area contributed by atoms with Crippen LogP contribution in [0, 0.1) is 11.7 Å². The van der Waals surface area contributed by atoms with Gasteiger partial charge in [-0.1, -0.05) is 65.0 Å². The maximum atomic E-state index is 13.4. The fourth-order valence-electron chi connectivity index (χ4n) is 2.88. The van der Waals surface area contributed by atoms with Crippen molar-refractivity contribution in [3.05, 3.63) is 65.6 Å². The van der Waals surface area contributed by atoms with Gasteiger partial charge < -0.3 is 20.2 Å². The minimum Gasteiger partial charge on any atom is -0.483 e. The number of rotatable bonds is 8. The largest absolute Gasteiger partial charge is 0.483 e. The number of aliphatic imine (C=N–C) groups is 2.